The number of pyridine rings is 1. The third-order valence-corrected chi connectivity index (χ3v) is 5.64. The molecule has 4 rings (SSSR count). The number of carbonyl (C=O) groups excluding carboxylic acids is 2. The molecule has 0 spiro atoms. The van der Waals surface area contributed by atoms with Crippen LogP contribution in [0.4, 0.5) is 17.5 Å². The summed E-state index contributed by atoms with van der Waals surface area (Å²) in [7, 11) is 0. The van der Waals surface area contributed by atoms with E-state index in [0.29, 0.717) is 18.7 Å². The monoisotopic (exact) mass is 473 g/mol. The SMILES string of the molecule is CCc1cc(Cn2ccc3c(Nc4nc(N[C@H](CC)C(N)=O)nnc4C(N)=O)cccc32)ccn1. The van der Waals surface area contributed by atoms with Gasteiger partial charge in [0.15, 0.2) is 11.5 Å². The Kier molecular flexibility index (Phi) is 6.86. The highest BCUT2D eigenvalue weighted by Gasteiger charge is 2.19. The largest absolute Gasteiger partial charge is 0.368 e. The Morgan fingerprint density at radius 2 is 1.94 bits per heavy atom. The second kappa shape index (κ2) is 10.2. The van der Waals surface area contributed by atoms with Crippen molar-refractivity contribution in [1.29, 1.82) is 0 Å². The molecule has 0 aliphatic heterocycles. The summed E-state index contributed by atoms with van der Waals surface area (Å²) < 4.78 is 2.13. The number of benzene rings is 1. The summed E-state index contributed by atoms with van der Waals surface area (Å²) in [5.41, 5.74) is 14.7. The van der Waals surface area contributed by atoms with Crippen LogP contribution in [-0.4, -0.2) is 42.6 Å². The Hall–Kier alpha value is -4.54. The molecular formula is C24H27N9O2. The molecule has 1 atom stereocenters. The molecule has 0 radical (unpaired) electrons. The number of rotatable bonds is 10. The number of hydrogen-bond donors (Lipinski definition) is 4. The summed E-state index contributed by atoms with van der Waals surface area (Å²) in [6.45, 7) is 4.56. The Morgan fingerprint density at radius 1 is 1.11 bits per heavy atom. The fourth-order valence-electron chi connectivity index (χ4n) is 3.78. The summed E-state index contributed by atoms with van der Waals surface area (Å²) in [6.07, 6.45) is 5.13. The molecule has 35 heavy (non-hydrogen) atoms. The van der Waals surface area contributed by atoms with Gasteiger partial charge in [-0.1, -0.05) is 19.9 Å². The predicted octanol–water partition coefficient (Wildman–Crippen LogP) is 2.35. The lowest BCUT2D eigenvalue weighted by atomic mass is 10.2. The molecule has 180 valence electrons. The van der Waals surface area contributed by atoms with Gasteiger partial charge in [0.05, 0.1) is 5.52 Å². The highest BCUT2D eigenvalue weighted by atomic mass is 16.1. The molecule has 0 saturated heterocycles. The van der Waals surface area contributed by atoms with E-state index in [1.807, 2.05) is 42.7 Å². The lowest BCUT2D eigenvalue weighted by Gasteiger charge is -2.15. The second-order valence-corrected chi connectivity index (χ2v) is 8.02. The molecule has 0 unspecified atom stereocenters. The molecule has 0 bridgehead atoms. The van der Waals surface area contributed by atoms with Crippen LogP contribution in [0.1, 0.15) is 42.0 Å². The summed E-state index contributed by atoms with van der Waals surface area (Å²) >= 11 is 0. The van der Waals surface area contributed by atoms with E-state index < -0.39 is 17.9 Å². The summed E-state index contributed by atoms with van der Waals surface area (Å²) in [5, 5.41) is 14.7. The zero-order valence-electron chi connectivity index (χ0n) is 19.5. The standard InChI is InChI=1S/C24H27N9O2/c1-3-15-12-14(8-10-27-15)13-33-11-9-16-18(6-5-7-19(16)33)28-23-20(22(26)35)31-32-24(30-23)29-17(4-2)21(25)34/h5-12,17H,3-4,13H2,1-2H3,(H2,25,34)(H2,26,35)(H2,28,29,30,32)/t17-/m1/s1. The van der Waals surface area contributed by atoms with Crippen LogP contribution in [0.15, 0.2) is 48.8 Å². The summed E-state index contributed by atoms with van der Waals surface area (Å²) in [5.74, 6) is -1.15. The first-order valence-electron chi connectivity index (χ1n) is 11.3. The van der Waals surface area contributed by atoms with E-state index in [1.165, 1.54) is 0 Å². The number of anilines is 3. The van der Waals surface area contributed by atoms with Gasteiger partial charge in [-0.3, -0.25) is 14.6 Å². The van der Waals surface area contributed by atoms with Crippen molar-refractivity contribution in [2.75, 3.05) is 10.6 Å². The van der Waals surface area contributed by atoms with Gasteiger partial charge in [0.1, 0.15) is 6.04 Å². The van der Waals surface area contributed by atoms with Gasteiger partial charge in [0.2, 0.25) is 11.9 Å². The molecule has 1 aromatic carbocycles. The van der Waals surface area contributed by atoms with Crippen molar-refractivity contribution in [3.8, 4) is 0 Å². The Bertz CT molecular complexity index is 1380. The fraction of sp³-hybridized carbons (Fsp3) is 0.250. The van der Waals surface area contributed by atoms with E-state index in [2.05, 4.69) is 48.4 Å². The number of hydrogen-bond acceptors (Lipinski definition) is 8. The molecule has 0 aliphatic carbocycles. The molecule has 3 aromatic heterocycles. The van der Waals surface area contributed by atoms with Crippen molar-refractivity contribution < 1.29 is 9.59 Å². The highest BCUT2D eigenvalue weighted by molar-refractivity contribution is 5.99. The third kappa shape index (κ3) is 5.18. The summed E-state index contributed by atoms with van der Waals surface area (Å²) in [6, 6.07) is 11.2. The first-order chi connectivity index (χ1) is 16.9. The van der Waals surface area contributed by atoms with Gasteiger partial charge in [-0.15, -0.1) is 10.2 Å². The molecule has 6 N–H and O–H groups in total. The molecule has 0 aliphatic rings. The molecule has 11 nitrogen and oxygen atoms in total. The first kappa shape index (κ1) is 23.6. The predicted molar refractivity (Wildman–Crippen MR) is 133 cm³/mol. The van der Waals surface area contributed by atoms with Crippen molar-refractivity contribution in [3.05, 3.63) is 65.7 Å². The Morgan fingerprint density at radius 3 is 2.66 bits per heavy atom. The van der Waals surface area contributed by atoms with Gasteiger partial charge >= 0.3 is 0 Å². The van der Waals surface area contributed by atoms with E-state index in [9.17, 15) is 9.59 Å². The molecule has 4 aromatic rings. The van der Waals surface area contributed by atoms with Crippen LogP contribution < -0.4 is 22.1 Å². The van der Waals surface area contributed by atoms with Crippen molar-refractivity contribution in [3.63, 3.8) is 0 Å². The van der Waals surface area contributed by atoms with E-state index >= 15 is 0 Å². The number of carbonyl (C=O) groups is 2. The fourth-order valence-corrected chi connectivity index (χ4v) is 3.78. The molecule has 2 amide bonds. The smallest absolute Gasteiger partial charge is 0.273 e. The van der Waals surface area contributed by atoms with E-state index in [4.69, 9.17) is 11.5 Å². The number of nitrogens with zero attached hydrogens (tertiary/aromatic N) is 5. The van der Waals surface area contributed by atoms with E-state index in [-0.39, 0.29) is 17.5 Å². The zero-order valence-corrected chi connectivity index (χ0v) is 19.5. The molecule has 0 fully saturated rings. The molecular weight excluding hydrogens is 446 g/mol. The van der Waals surface area contributed by atoms with Crippen LogP contribution >= 0.6 is 0 Å². The molecule has 3 heterocycles. The number of fused-ring (bicyclic) bond motifs is 1. The van der Waals surface area contributed by atoms with Gasteiger partial charge < -0.3 is 26.7 Å². The quantitative estimate of drug-likeness (QED) is 0.272. The van der Waals surface area contributed by atoms with Gasteiger partial charge in [0, 0.05) is 35.7 Å². The minimum Gasteiger partial charge on any atom is -0.368 e. The lowest BCUT2D eigenvalue weighted by Crippen LogP contribution is -2.35. The summed E-state index contributed by atoms with van der Waals surface area (Å²) in [4.78, 5) is 32.3. The number of aryl methyl sites for hydroxylation is 1. The number of aromatic nitrogens is 5. The maximum atomic E-state index is 12.0. The number of nitrogens with two attached hydrogens (primary N) is 2. The van der Waals surface area contributed by atoms with Gasteiger partial charge in [-0.25, -0.2) is 0 Å². The molecule has 11 heteroatoms. The number of primary amides is 2. The van der Waals surface area contributed by atoms with Gasteiger partial charge in [0.25, 0.3) is 5.91 Å². The minimum atomic E-state index is -0.782. The zero-order chi connectivity index (χ0) is 24.9. The van der Waals surface area contributed by atoms with Crippen LogP contribution in [0.25, 0.3) is 10.9 Å². The number of nitrogens with one attached hydrogen (secondary N) is 2. The van der Waals surface area contributed by atoms with Gasteiger partial charge in [-0.05, 0) is 48.7 Å². The minimum absolute atomic E-state index is 0.0531. The maximum Gasteiger partial charge on any atom is 0.273 e. The second-order valence-electron chi connectivity index (χ2n) is 8.02. The van der Waals surface area contributed by atoms with Crippen LogP contribution in [0, 0.1) is 0 Å². The normalized spacial score (nSPS) is 11.8. The Labute approximate surface area is 202 Å². The van der Waals surface area contributed by atoms with Crippen molar-refractivity contribution in [1.82, 2.24) is 24.7 Å². The number of amides is 2. The van der Waals surface area contributed by atoms with Crippen molar-refractivity contribution >= 4 is 40.2 Å². The van der Waals surface area contributed by atoms with E-state index in [0.717, 1.165) is 28.6 Å². The maximum absolute atomic E-state index is 12.0. The van der Waals surface area contributed by atoms with Crippen LogP contribution in [-0.2, 0) is 17.8 Å². The Balaban J connectivity index is 1.66. The lowest BCUT2D eigenvalue weighted by molar-refractivity contribution is -0.118. The first-order valence-corrected chi connectivity index (χ1v) is 11.3. The molecule has 0 saturated carbocycles. The van der Waals surface area contributed by atoms with E-state index in [1.54, 1.807) is 6.92 Å². The van der Waals surface area contributed by atoms with Crippen molar-refractivity contribution in [2.24, 2.45) is 11.5 Å². The van der Waals surface area contributed by atoms with Crippen LogP contribution in [0.3, 0.4) is 0 Å². The highest BCUT2D eigenvalue weighted by Crippen LogP contribution is 2.28. The van der Waals surface area contributed by atoms with Crippen molar-refractivity contribution in [2.45, 2.75) is 39.3 Å². The van der Waals surface area contributed by atoms with Gasteiger partial charge in [-0.2, -0.15) is 4.98 Å². The average Bonchev–Trinajstić information content (AvgIpc) is 3.26. The third-order valence-electron chi connectivity index (χ3n) is 5.64. The average molecular weight is 474 g/mol. The van der Waals surface area contributed by atoms with Crippen LogP contribution in [0.2, 0.25) is 0 Å². The van der Waals surface area contributed by atoms with Crippen LogP contribution in [0.5, 0.6) is 0 Å². The topological polar surface area (TPSA) is 167 Å².